The third kappa shape index (κ3) is 2.00. The average molecular weight is 330 g/mol. The van der Waals surface area contributed by atoms with Gasteiger partial charge in [0, 0.05) is 22.8 Å². The topological polar surface area (TPSA) is 43.8 Å². The van der Waals surface area contributed by atoms with Crippen molar-refractivity contribution in [2.75, 3.05) is 5.73 Å². The number of nitrogen functional groups attached to an aromatic ring is 1. The van der Waals surface area contributed by atoms with Crippen LogP contribution >= 0.6 is 15.9 Å². The van der Waals surface area contributed by atoms with Crippen LogP contribution in [0.4, 0.5) is 5.69 Å². The van der Waals surface area contributed by atoms with Gasteiger partial charge in [-0.05, 0) is 49.2 Å². The zero-order chi connectivity index (χ0) is 14.4. The number of benzene rings is 2. The first-order valence-corrected chi connectivity index (χ1v) is 7.26. The number of aryl methyl sites for hydroxylation is 3. The Morgan fingerprint density at radius 1 is 1.15 bits per heavy atom. The maximum atomic E-state index is 6.24. The molecule has 0 bridgehead atoms. The second-order valence-corrected chi connectivity index (χ2v) is 6.09. The van der Waals surface area contributed by atoms with Gasteiger partial charge in [-0.25, -0.2) is 4.98 Å². The molecule has 0 aliphatic rings. The van der Waals surface area contributed by atoms with E-state index in [1.165, 1.54) is 5.56 Å². The monoisotopic (exact) mass is 329 g/mol. The Hall–Kier alpha value is -1.81. The number of nitrogens with two attached hydrogens (primary N) is 1. The summed E-state index contributed by atoms with van der Waals surface area (Å²) in [5.41, 5.74) is 12.4. The van der Waals surface area contributed by atoms with Crippen LogP contribution in [0.15, 0.2) is 34.8 Å². The molecule has 0 aliphatic carbocycles. The molecular formula is C16H16BrN3. The number of aromatic nitrogens is 2. The van der Waals surface area contributed by atoms with Crippen LogP contribution in [0, 0.1) is 13.8 Å². The zero-order valence-electron chi connectivity index (χ0n) is 11.7. The van der Waals surface area contributed by atoms with E-state index in [2.05, 4.69) is 45.6 Å². The van der Waals surface area contributed by atoms with Crippen LogP contribution in [-0.4, -0.2) is 9.55 Å². The van der Waals surface area contributed by atoms with Gasteiger partial charge in [-0.2, -0.15) is 0 Å². The van der Waals surface area contributed by atoms with Gasteiger partial charge in [0.15, 0.2) is 0 Å². The summed E-state index contributed by atoms with van der Waals surface area (Å²) >= 11 is 3.49. The Labute approximate surface area is 126 Å². The van der Waals surface area contributed by atoms with Crippen molar-refractivity contribution >= 4 is 32.7 Å². The number of imidazole rings is 1. The number of nitrogens with zero attached hydrogens (tertiary/aromatic N) is 2. The lowest BCUT2D eigenvalue weighted by Crippen LogP contribution is -1.99. The van der Waals surface area contributed by atoms with E-state index in [9.17, 15) is 0 Å². The lowest BCUT2D eigenvalue weighted by atomic mass is 10.0. The predicted molar refractivity (Wildman–Crippen MR) is 87.7 cm³/mol. The molecule has 3 aromatic rings. The summed E-state index contributed by atoms with van der Waals surface area (Å²) in [7, 11) is 2.02. The summed E-state index contributed by atoms with van der Waals surface area (Å²) < 4.78 is 3.12. The zero-order valence-corrected chi connectivity index (χ0v) is 13.3. The van der Waals surface area contributed by atoms with Crippen molar-refractivity contribution in [3.05, 3.63) is 45.9 Å². The number of fused-ring (bicyclic) bond motifs is 1. The molecule has 3 nitrogen and oxygen atoms in total. The molecule has 0 aliphatic heterocycles. The smallest absolute Gasteiger partial charge is 0.142 e. The molecule has 2 aromatic carbocycles. The Kier molecular flexibility index (Phi) is 3.05. The van der Waals surface area contributed by atoms with Gasteiger partial charge in [0.25, 0.3) is 0 Å². The van der Waals surface area contributed by atoms with E-state index >= 15 is 0 Å². The van der Waals surface area contributed by atoms with Gasteiger partial charge < -0.3 is 10.3 Å². The highest BCUT2D eigenvalue weighted by Gasteiger charge is 2.14. The van der Waals surface area contributed by atoms with Gasteiger partial charge in [-0.3, -0.25) is 0 Å². The molecule has 2 N–H and O–H groups in total. The van der Waals surface area contributed by atoms with Crippen molar-refractivity contribution in [3.63, 3.8) is 0 Å². The Bertz CT molecular complexity index is 818. The van der Waals surface area contributed by atoms with Crippen LogP contribution in [0.3, 0.4) is 0 Å². The first kappa shape index (κ1) is 13.2. The second kappa shape index (κ2) is 4.63. The summed E-state index contributed by atoms with van der Waals surface area (Å²) in [5, 5.41) is 0. The summed E-state index contributed by atoms with van der Waals surface area (Å²) in [6.07, 6.45) is 0. The third-order valence-electron chi connectivity index (χ3n) is 3.61. The third-order valence-corrected chi connectivity index (χ3v) is 4.11. The minimum absolute atomic E-state index is 0.799. The number of hydrogen-bond donors (Lipinski definition) is 1. The molecule has 20 heavy (non-hydrogen) atoms. The summed E-state index contributed by atoms with van der Waals surface area (Å²) in [4.78, 5) is 4.74. The Morgan fingerprint density at radius 3 is 2.65 bits per heavy atom. The second-order valence-electron chi connectivity index (χ2n) is 5.17. The lowest BCUT2D eigenvalue weighted by molar-refractivity contribution is 0.959. The molecule has 0 fully saturated rings. The van der Waals surface area contributed by atoms with Crippen molar-refractivity contribution in [1.29, 1.82) is 0 Å². The maximum Gasteiger partial charge on any atom is 0.142 e. The summed E-state index contributed by atoms with van der Waals surface area (Å²) in [5.74, 6) is 0.905. The van der Waals surface area contributed by atoms with Crippen molar-refractivity contribution in [1.82, 2.24) is 9.55 Å². The normalized spacial score (nSPS) is 11.2. The molecule has 0 amide bonds. The van der Waals surface area contributed by atoms with E-state index in [1.807, 2.05) is 26.1 Å². The van der Waals surface area contributed by atoms with Crippen molar-refractivity contribution in [2.45, 2.75) is 13.8 Å². The fourth-order valence-corrected chi connectivity index (χ4v) is 2.93. The fraction of sp³-hybridized carbons (Fsp3) is 0.188. The predicted octanol–water partition coefficient (Wildman–Crippen LogP) is 4.20. The highest BCUT2D eigenvalue weighted by Crippen LogP contribution is 2.31. The molecule has 0 saturated heterocycles. The first-order valence-electron chi connectivity index (χ1n) is 6.46. The van der Waals surface area contributed by atoms with Crippen LogP contribution in [0.2, 0.25) is 0 Å². The number of rotatable bonds is 1. The Balaban J connectivity index is 2.32. The van der Waals surface area contributed by atoms with E-state index in [0.29, 0.717) is 0 Å². The number of halogens is 1. The van der Waals surface area contributed by atoms with Gasteiger partial charge in [0.2, 0.25) is 0 Å². The van der Waals surface area contributed by atoms with E-state index in [1.54, 1.807) is 0 Å². The van der Waals surface area contributed by atoms with Gasteiger partial charge in [-0.1, -0.05) is 22.0 Å². The molecule has 3 rings (SSSR count). The molecule has 0 atom stereocenters. The molecule has 4 heteroatoms. The molecule has 0 saturated carbocycles. The van der Waals surface area contributed by atoms with Crippen LogP contribution in [0.1, 0.15) is 11.1 Å². The molecule has 1 heterocycles. The first-order chi connectivity index (χ1) is 9.47. The molecule has 102 valence electrons. The minimum Gasteiger partial charge on any atom is -0.398 e. The Morgan fingerprint density at radius 2 is 1.90 bits per heavy atom. The van der Waals surface area contributed by atoms with Gasteiger partial charge in [0.05, 0.1) is 11.0 Å². The maximum absolute atomic E-state index is 6.24. The quantitative estimate of drug-likeness (QED) is 0.680. The summed E-state index contributed by atoms with van der Waals surface area (Å²) in [6.45, 7) is 4.11. The van der Waals surface area contributed by atoms with Crippen LogP contribution < -0.4 is 5.73 Å². The van der Waals surface area contributed by atoms with Crippen molar-refractivity contribution in [2.24, 2.45) is 7.05 Å². The van der Waals surface area contributed by atoms with Crippen molar-refractivity contribution < 1.29 is 0 Å². The van der Waals surface area contributed by atoms with Crippen LogP contribution in [-0.2, 0) is 7.05 Å². The largest absolute Gasteiger partial charge is 0.398 e. The van der Waals surface area contributed by atoms with Crippen molar-refractivity contribution in [3.8, 4) is 11.4 Å². The number of hydrogen-bond acceptors (Lipinski definition) is 2. The summed E-state index contributed by atoms with van der Waals surface area (Å²) in [6, 6.07) is 10.3. The molecule has 0 radical (unpaired) electrons. The molecule has 1 aromatic heterocycles. The minimum atomic E-state index is 0.799. The fourth-order valence-electron chi connectivity index (χ4n) is 2.58. The molecular weight excluding hydrogens is 314 g/mol. The number of anilines is 1. The van der Waals surface area contributed by atoms with E-state index in [-0.39, 0.29) is 0 Å². The van der Waals surface area contributed by atoms with Gasteiger partial charge >= 0.3 is 0 Å². The average Bonchev–Trinajstić information content (AvgIpc) is 2.70. The molecule has 0 spiro atoms. The standard InChI is InChI=1S/C16H16BrN3/c1-9-6-10(2)15(18)12(7-9)16-19-13-8-11(17)4-5-14(13)20(16)3/h4-8H,18H2,1-3H3. The van der Waals surface area contributed by atoms with Crippen LogP contribution in [0.5, 0.6) is 0 Å². The molecule has 0 unspecified atom stereocenters. The highest BCUT2D eigenvalue weighted by atomic mass is 79.9. The van der Waals surface area contributed by atoms with Gasteiger partial charge in [0.1, 0.15) is 5.82 Å². The van der Waals surface area contributed by atoms with E-state index in [0.717, 1.165) is 38.1 Å². The van der Waals surface area contributed by atoms with E-state index < -0.39 is 0 Å². The van der Waals surface area contributed by atoms with Gasteiger partial charge in [-0.15, -0.1) is 0 Å². The lowest BCUT2D eigenvalue weighted by Gasteiger charge is -2.10. The van der Waals surface area contributed by atoms with Crippen LogP contribution in [0.25, 0.3) is 22.4 Å². The van der Waals surface area contributed by atoms with E-state index in [4.69, 9.17) is 10.7 Å². The SMILES string of the molecule is Cc1cc(C)c(N)c(-c2nc3cc(Br)ccc3n2C)c1. The highest BCUT2D eigenvalue weighted by molar-refractivity contribution is 9.10.